The van der Waals surface area contributed by atoms with Gasteiger partial charge in [0.05, 0.1) is 12.8 Å². The number of nitrogens with one attached hydrogen (secondary N) is 1. The number of rotatable bonds is 4. The largest absolute Gasteiger partial charge is 0.508 e. The second kappa shape index (κ2) is 4.86. The number of phenolic OH excluding ortho intramolecular Hbond substituents is 1. The molecule has 0 aliphatic rings. The first kappa shape index (κ1) is 10.8. The fourth-order valence-electron chi connectivity index (χ4n) is 1.52. The molecule has 3 heteroatoms. The minimum absolute atomic E-state index is 0.297. The highest BCUT2D eigenvalue weighted by Gasteiger charge is 2.00. The van der Waals surface area contributed by atoms with E-state index in [-0.39, 0.29) is 0 Å². The molecule has 3 nitrogen and oxygen atoms in total. The monoisotopic (exact) mass is 217 g/mol. The lowest BCUT2D eigenvalue weighted by atomic mass is 10.2. The fourth-order valence-corrected chi connectivity index (χ4v) is 1.52. The quantitative estimate of drug-likeness (QED) is 0.827. The van der Waals surface area contributed by atoms with Crippen LogP contribution < -0.4 is 5.32 Å². The molecule has 1 heterocycles. The summed E-state index contributed by atoms with van der Waals surface area (Å²) in [5.41, 5.74) is 2.31. The van der Waals surface area contributed by atoms with Crippen molar-refractivity contribution in [3.63, 3.8) is 0 Å². The zero-order valence-electron chi connectivity index (χ0n) is 9.23. The van der Waals surface area contributed by atoms with Gasteiger partial charge in [0.2, 0.25) is 0 Å². The maximum Gasteiger partial charge on any atom is 0.120 e. The number of aromatic hydroxyl groups is 1. The molecular weight excluding hydrogens is 202 g/mol. The van der Waals surface area contributed by atoms with Crippen molar-refractivity contribution in [2.75, 3.05) is 0 Å². The third kappa shape index (κ3) is 2.64. The average Bonchev–Trinajstić information content (AvgIpc) is 2.68. The van der Waals surface area contributed by atoms with Gasteiger partial charge in [-0.05, 0) is 36.2 Å². The molecule has 1 aromatic carbocycles. The van der Waals surface area contributed by atoms with Crippen molar-refractivity contribution in [1.82, 2.24) is 5.32 Å². The number of phenols is 1. The van der Waals surface area contributed by atoms with E-state index in [2.05, 4.69) is 5.32 Å². The molecule has 84 valence electrons. The summed E-state index contributed by atoms with van der Waals surface area (Å²) in [7, 11) is 0. The van der Waals surface area contributed by atoms with E-state index in [1.54, 1.807) is 18.4 Å². The lowest BCUT2D eigenvalue weighted by molar-refractivity contribution is 0.473. The van der Waals surface area contributed by atoms with Gasteiger partial charge in [-0.3, -0.25) is 0 Å². The number of furan rings is 1. The highest BCUT2D eigenvalue weighted by Crippen LogP contribution is 2.11. The smallest absolute Gasteiger partial charge is 0.120 e. The molecule has 0 aliphatic heterocycles. The van der Waals surface area contributed by atoms with Gasteiger partial charge in [-0.25, -0.2) is 0 Å². The predicted octanol–water partition coefficient (Wildman–Crippen LogP) is 2.58. The predicted molar refractivity (Wildman–Crippen MR) is 62.1 cm³/mol. The topological polar surface area (TPSA) is 45.4 Å². The van der Waals surface area contributed by atoms with Crippen LogP contribution in [0.4, 0.5) is 0 Å². The Labute approximate surface area is 94.7 Å². The summed E-state index contributed by atoms with van der Waals surface area (Å²) in [5, 5.41) is 12.4. The van der Waals surface area contributed by atoms with Gasteiger partial charge in [-0.2, -0.15) is 0 Å². The second-order valence-corrected chi connectivity index (χ2v) is 3.80. The van der Waals surface area contributed by atoms with Crippen molar-refractivity contribution < 1.29 is 9.52 Å². The van der Waals surface area contributed by atoms with E-state index in [0.29, 0.717) is 5.75 Å². The Kier molecular flexibility index (Phi) is 3.27. The standard InChI is InChI=1S/C13H15NO2/c1-10-6-7-16-13(10)9-14-8-11-2-4-12(15)5-3-11/h2-7,14-15H,8-9H2,1H3. The lowest BCUT2D eigenvalue weighted by Crippen LogP contribution is -2.12. The lowest BCUT2D eigenvalue weighted by Gasteiger charge is -2.04. The molecule has 0 saturated carbocycles. The molecule has 0 amide bonds. The van der Waals surface area contributed by atoms with E-state index in [9.17, 15) is 0 Å². The minimum atomic E-state index is 0.297. The Morgan fingerprint density at radius 2 is 1.88 bits per heavy atom. The summed E-state index contributed by atoms with van der Waals surface area (Å²) in [6.45, 7) is 3.52. The summed E-state index contributed by atoms with van der Waals surface area (Å²) >= 11 is 0. The van der Waals surface area contributed by atoms with Crippen LogP contribution in [0.1, 0.15) is 16.9 Å². The number of aryl methyl sites for hydroxylation is 1. The van der Waals surface area contributed by atoms with Gasteiger partial charge < -0.3 is 14.8 Å². The van der Waals surface area contributed by atoms with E-state index in [1.807, 2.05) is 25.1 Å². The van der Waals surface area contributed by atoms with Gasteiger partial charge >= 0.3 is 0 Å². The SMILES string of the molecule is Cc1ccoc1CNCc1ccc(O)cc1. The zero-order chi connectivity index (χ0) is 11.4. The van der Waals surface area contributed by atoms with Crippen molar-refractivity contribution in [2.24, 2.45) is 0 Å². The van der Waals surface area contributed by atoms with Crippen LogP contribution in [-0.2, 0) is 13.1 Å². The normalized spacial score (nSPS) is 10.6. The van der Waals surface area contributed by atoms with Crippen LogP contribution in [0.5, 0.6) is 5.75 Å². The highest BCUT2D eigenvalue weighted by molar-refractivity contribution is 5.25. The van der Waals surface area contributed by atoms with Gasteiger partial charge in [-0.15, -0.1) is 0 Å². The molecule has 0 bridgehead atoms. The summed E-state index contributed by atoms with van der Waals surface area (Å²) in [5.74, 6) is 1.27. The van der Waals surface area contributed by atoms with Crippen LogP contribution in [0.25, 0.3) is 0 Å². The number of benzene rings is 1. The molecule has 0 saturated heterocycles. The molecular formula is C13H15NO2. The third-order valence-corrected chi connectivity index (χ3v) is 2.52. The fraction of sp³-hybridized carbons (Fsp3) is 0.231. The van der Waals surface area contributed by atoms with Crippen LogP contribution >= 0.6 is 0 Å². The van der Waals surface area contributed by atoms with Crippen molar-refractivity contribution >= 4 is 0 Å². The summed E-state index contributed by atoms with van der Waals surface area (Å²) in [4.78, 5) is 0. The Hall–Kier alpha value is -1.74. The van der Waals surface area contributed by atoms with Gasteiger partial charge in [-0.1, -0.05) is 12.1 Å². The molecule has 1 aromatic heterocycles. The Morgan fingerprint density at radius 3 is 2.50 bits per heavy atom. The highest BCUT2D eigenvalue weighted by atomic mass is 16.3. The molecule has 0 spiro atoms. The molecule has 0 radical (unpaired) electrons. The molecule has 0 atom stereocenters. The van der Waals surface area contributed by atoms with Gasteiger partial charge in [0.15, 0.2) is 0 Å². The van der Waals surface area contributed by atoms with Crippen LogP contribution in [0, 0.1) is 6.92 Å². The maximum absolute atomic E-state index is 9.13. The van der Waals surface area contributed by atoms with E-state index in [4.69, 9.17) is 9.52 Å². The number of hydrogen-bond acceptors (Lipinski definition) is 3. The van der Waals surface area contributed by atoms with Crippen LogP contribution in [-0.4, -0.2) is 5.11 Å². The summed E-state index contributed by atoms with van der Waals surface area (Å²) in [6, 6.07) is 9.14. The first-order valence-electron chi connectivity index (χ1n) is 5.27. The number of hydrogen-bond donors (Lipinski definition) is 2. The Bertz CT molecular complexity index is 445. The van der Waals surface area contributed by atoms with E-state index in [1.165, 1.54) is 5.56 Å². The summed E-state index contributed by atoms with van der Waals surface area (Å²) in [6.07, 6.45) is 1.70. The molecule has 0 aliphatic carbocycles. The maximum atomic E-state index is 9.13. The summed E-state index contributed by atoms with van der Waals surface area (Å²) < 4.78 is 5.32. The average molecular weight is 217 g/mol. The van der Waals surface area contributed by atoms with Crippen molar-refractivity contribution in [1.29, 1.82) is 0 Å². The Morgan fingerprint density at radius 1 is 1.12 bits per heavy atom. The van der Waals surface area contributed by atoms with Crippen LogP contribution in [0.15, 0.2) is 41.0 Å². The van der Waals surface area contributed by atoms with Gasteiger partial charge in [0, 0.05) is 6.54 Å². The second-order valence-electron chi connectivity index (χ2n) is 3.80. The molecule has 2 aromatic rings. The van der Waals surface area contributed by atoms with Crippen molar-refractivity contribution in [3.05, 3.63) is 53.5 Å². The Balaban J connectivity index is 1.84. The van der Waals surface area contributed by atoms with Crippen LogP contribution in [0.2, 0.25) is 0 Å². The third-order valence-electron chi connectivity index (χ3n) is 2.52. The molecule has 16 heavy (non-hydrogen) atoms. The molecule has 2 N–H and O–H groups in total. The van der Waals surface area contributed by atoms with E-state index >= 15 is 0 Å². The molecule has 0 fully saturated rings. The minimum Gasteiger partial charge on any atom is -0.508 e. The van der Waals surface area contributed by atoms with Crippen molar-refractivity contribution in [2.45, 2.75) is 20.0 Å². The van der Waals surface area contributed by atoms with Crippen LogP contribution in [0.3, 0.4) is 0 Å². The molecule has 0 unspecified atom stereocenters. The first-order chi connectivity index (χ1) is 7.75. The zero-order valence-corrected chi connectivity index (χ0v) is 9.23. The van der Waals surface area contributed by atoms with E-state index in [0.717, 1.165) is 24.4 Å². The van der Waals surface area contributed by atoms with E-state index < -0.39 is 0 Å². The van der Waals surface area contributed by atoms with Gasteiger partial charge in [0.1, 0.15) is 11.5 Å². The van der Waals surface area contributed by atoms with Crippen molar-refractivity contribution in [3.8, 4) is 5.75 Å². The molecule has 2 rings (SSSR count). The van der Waals surface area contributed by atoms with Gasteiger partial charge in [0.25, 0.3) is 0 Å². The first-order valence-corrected chi connectivity index (χ1v) is 5.27.